The van der Waals surface area contributed by atoms with Crippen molar-refractivity contribution in [2.24, 2.45) is 0 Å². The first-order valence-corrected chi connectivity index (χ1v) is 9.02. The SMILES string of the molecule is Nc1c(C(=O)N(Cc2ccccn2)C2CCCNCC2)cccc1[N+](=O)[O-]. The fraction of sp³-hybridized carbons (Fsp3) is 0.368. The van der Waals surface area contributed by atoms with Crippen molar-refractivity contribution in [1.82, 2.24) is 15.2 Å². The third kappa shape index (κ3) is 4.40. The van der Waals surface area contributed by atoms with Crippen molar-refractivity contribution in [2.45, 2.75) is 31.8 Å². The zero-order valence-corrected chi connectivity index (χ0v) is 15.0. The second-order valence-electron chi connectivity index (χ2n) is 6.58. The lowest BCUT2D eigenvalue weighted by molar-refractivity contribution is -0.383. The second-order valence-corrected chi connectivity index (χ2v) is 6.58. The predicted octanol–water partition coefficient (Wildman–Crippen LogP) is 2.36. The summed E-state index contributed by atoms with van der Waals surface area (Å²) in [5.41, 5.74) is 6.55. The van der Waals surface area contributed by atoms with Crippen LogP contribution in [-0.4, -0.2) is 39.8 Å². The summed E-state index contributed by atoms with van der Waals surface area (Å²) in [5.74, 6) is -0.297. The summed E-state index contributed by atoms with van der Waals surface area (Å²) in [6, 6.07) is 9.94. The van der Waals surface area contributed by atoms with E-state index >= 15 is 0 Å². The van der Waals surface area contributed by atoms with Crippen molar-refractivity contribution in [2.75, 3.05) is 18.8 Å². The highest BCUT2D eigenvalue weighted by atomic mass is 16.6. The molecule has 3 rings (SSSR count). The molecule has 0 aliphatic carbocycles. The lowest BCUT2D eigenvalue weighted by atomic mass is 10.0. The van der Waals surface area contributed by atoms with Crippen LogP contribution in [0.2, 0.25) is 0 Å². The van der Waals surface area contributed by atoms with Gasteiger partial charge in [-0.05, 0) is 50.6 Å². The number of nitrogens with two attached hydrogens (primary N) is 1. The van der Waals surface area contributed by atoms with Crippen molar-refractivity contribution in [3.63, 3.8) is 0 Å². The number of hydrogen-bond donors (Lipinski definition) is 2. The van der Waals surface area contributed by atoms with Gasteiger partial charge >= 0.3 is 0 Å². The highest BCUT2D eigenvalue weighted by Crippen LogP contribution is 2.28. The van der Waals surface area contributed by atoms with E-state index in [0.29, 0.717) is 6.54 Å². The Labute approximate surface area is 157 Å². The lowest BCUT2D eigenvalue weighted by Crippen LogP contribution is -2.41. The number of para-hydroxylation sites is 1. The molecule has 8 heteroatoms. The molecule has 1 aliphatic heterocycles. The zero-order chi connectivity index (χ0) is 19.2. The van der Waals surface area contributed by atoms with Gasteiger partial charge in [0.15, 0.2) is 0 Å². The van der Waals surface area contributed by atoms with E-state index in [9.17, 15) is 14.9 Å². The number of carbonyl (C=O) groups is 1. The van der Waals surface area contributed by atoms with E-state index in [1.165, 1.54) is 12.1 Å². The van der Waals surface area contributed by atoms with Gasteiger partial charge < -0.3 is 16.0 Å². The highest BCUT2D eigenvalue weighted by molar-refractivity contribution is 6.01. The maximum Gasteiger partial charge on any atom is 0.292 e. The summed E-state index contributed by atoms with van der Waals surface area (Å²) in [7, 11) is 0. The normalized spacial score (nSPS) is 17.1. The number of hydrogen-bond acceptors (Lipinski definition) is 6. The number of pyridine rings is 1. The Balaban J connectivity index is 1.95. The first kappa shape index (κ1) is 18.8. The summed E-state index contributed by atoms with van der Waals surface area (Å²) < 4.78 is 0. The number of carbonyl (C=O) groups excluding carboxylic acids is 1. The van der Waals surface area contributed by atoms with Gasteiger partial charge in [-0.2, -0.15) is 0 Å². The van der Waals surface area contributed by atoms with Crippen molar-refractivity contribution < 1.29 is 9.72 Å². The van der Waals surface area contributed by atoms with E-state index in [2.05, 4.69) is 10.3 Å². The van der Waals surface area contributed by atoms with Crippen LogP contribution in [0.25, 0.3) is 0 Å². The van der Waals surface area contributed by atoms with Crippen LogP contribution in [0.4, 0.5) is 11.4 Å². The maximum atomic E-state index is 13.3. The van der Waals surface area contributed by atoms with Crippen molar-refractivity contribution in [3.8, 4) is 0 Å². The molecule has 1 amide bonds. The topological polar surface area (TPSA) is 114 Å². The third-order valence-electron chi connectivity index (χ3n) is 4.82. The molecule has 3 N–H and O–H groups in total. The minimum Gasteiger partial charge on any atom is -0.393 e. The van der Waals surface area contributed by atoms with E-state index in [4.69, 9.17) is 5.73 Å². The molecular weight excluding hydrogens is 346 g/mol. The number of nitro benzene ring substituents is 1. The Morgan fingerprint density at radius 2 is 2.11 bits per heavy atom. The summed E-state index contributed by atoms with van der Waals surface area (Å²) >= 11 is 0. The highest BCUT2D eigenvalue weighted by Gasteiger charge is 2.29. The molecule has 0 spiro atoms. The molecule has 2 heterocycles. The molecule has 27 heavy (non-hydrogen) atoms. The van der Waals surface area contributed by atoms with Crippen LogP contribution in [-0.2, 0) is 6.54 Å². The number of rotatable bonds is 5. The van der Waals surface area contributed by atoms with Gasteiger partial charge in [-0.3, -0.25) is 19.9 Å². The molecule has 0 saturated carbocycles. The Bertz CT molecular complexity index is 804. The number of nitrogen functional groups attached to an aromatic ring is 1. The van der Waals surface area contributed by atoms with Gasteiger partial charge in [-0.15, -0.1) is 0 Å². The standard InChI is InChI=1S/C19H23N5O3/c20-18-16(7-3-8-17(18)24(26)27)19(25)23(13-14-5-1-2-11-22-14)15-6-4-10-21-12-9-15/h1-3,5,7-8,11,15,21H,4,6,9-10,12-13,20H2. The zero-order valence-electron chi connectivity index (χ0n) is 15.0. The largest absolute Gasteiger partial charge is 0.393 e. The first-order chi connectivity index (χ1) is 13.1. The molecule has 2 aromatic rings. The number of nitro groups is 1. The fourth-order valence-electron chi connectivity index (χ4n) is 3.40. The van der Waals surface area contributed by atoms with Crippen LogP contribution < -0.4 is 11.1 Å². The van der Waals surface area contributed by atoms with Crippen LogP contribution in [0.1, 0.15) is 35.3 Å². The summed E-state index contributed by atoms with van der Waals surface area (Å²) in [6.45, 7) is 2.08. The lowest BCUT2D eigenvalue weighted by Gasteiger charge is -2.31. The Morgan fingerprint density at radius 1 is 1.26 bits per heavy atom. The van der Waals surface area contributed by atoms with Gasteiger partial charge in [0.1, 0.15) is 5.69 Å². The molecule has 1 unspecified atom stereocenters. The van der Waals surface area contributed by atoms with Crippen molar-refractivity contribution >= 4 is 17.3 Å². The van der Waals surface area contributed by atoms with Crippen molar-refractivity contribution in [1.29, 1.82) is 0 Å². The van der Waals surface area contributed by atoms with E-state index in [0.717, 1.165) is 38.0 Å². The van der Waals surface area contributed by atoms with Crippen molar-refractivity contribution in [3.05, 3.63) is 64.0 Å². The van der Waals surface area contributed by atoms with Crippen LogP contribution in [0.3, 0.4) is 0 Å². The summed E-state index contributed by atoms with van der Waals surface area (Å²) in [5, 5.41) is 14.5. The van der Waals surface area contributed by atoms with Gasteiger partial charge in [0.05, 0.1) is 22.7 Å². The molecular formula is C19H23N5O3. The Hall–Kier alpha value is -3.00. The maximum absolute atomic E-state index is 13.3. The molecule has 1 aromatic heterocycles. The smallest absolute Gasteiger partial charge is 0.292 e. The van der Waals surface area contributed by atoms with Gasteiger partial charge in [0.2, 0.25) is 0 Å². The molecule has 1 fully saturated rings. The number of anilines is 1. The third-order valence-corrected chi connectivity index (χ3v) is 4.82. The molecule has 0 bridgehead atoms. The average molecular weight is 369 g/mol. The van der Waals surface area contributed by atoms with E-state index in [-0.39, 0.29) is 28.9 Å². The van der Waals surface area contributed by atoms with Gasteiger partial charge in [0, 0.05) is 18.3 Å². The van der Waals surface area contributed by atoms with E-state index < -0.39 is 4.92 Å². The summed E-state index contributed by atoms with van der Waals surface area (Å²) in [4.78, 5) is 30.0. The number of benzene rings is 1. The predicted molar refractivity (Wildman–Crippen MR) is 102 cm³/mol. The molecule has 1 saturated heterocycles. The second kappa shape index (κ2) is 8.59. The van der Waals surface area contributed by atoms with Crippen LogP contribution >= 0.6 is 0 Å². The molecule has 1 aromatic carbocycles. The number of nitrogens with zero attached hydrogens (tertiary/aromatic N) is 3. The minimum atomic E-state index is -0.565. The summed E-state index contributed by atoms with van der Waals surface area (Å²) in [6.07, 6.45) is 4.32. The molecule has 1 atom stereocenters. The minimum absolute atomic E-state index is 0.0215. The Kier molecular flexibility index (Phi) is 5.97. The fourth-order valence-corrected chi connectivity index (χ4v) is 3.40. The number of amides is 1. The average Bonchev–Trinajstić information content (AvgIpc) is 2.96. The quantitative estimate of drug-likeness (QED) is 0.475. The molecule has 0 radical (unpaired) electrons. The van der Waals surface area contributed by atoms with Crippen LogP contribution in [0.5, 0.6) is 0 Å². The molecule has 1 aliphatic rings. The van der Waals surface area contributed by atoms with Crippen LogP contribution in [0.15, 0.2) is 42.6 Å². The van der Waals surface area contributed by atoms with Gasteiger partial charge in [-0.25, -0.2) is 0 Å². The number of aromatic nitrogens is 1. The van der Waals surface area contributed by atoms with Gasteiger partial charge in [-0.1, -0.05) is 12.1 Å². The van der Waals surface area contributed by atoms with E-state index in [1.54, 1.807) is 17.2 Å². The molecule has 8 nitrogen and oxygen atoms in total. The Morgan fingerprint density at radius 3 is 2.85 bits per heavy atom. The number of nitrogens with one attached hydrogen (secondary N) is 1. The molecule has 142 valence electrons. The first-order valence-electron chi connectivity index (χ1n) is 9.02. The van der Waals surface area contributed by atoms with Gasteiger partial charge in [0.25, 0.3) is 11.6 Å². The monoisotopic (exact) mass is 369 g/mol. The van der Waals surface area contributed by atoms with E-state index in [1.807, 2.05) is 18.2 Å². The van der Waals surface area contributed by atoms with Crippen LogP contribution in [0, 0.1) is 10.1 Å².